The van der Waals surface area contributed by atoms with Crippen LogP contribution >= 0.6 is 0 Å². The van der Waals surface area contributed by atoms with Gasteiger partial charge in [-0.15, -0.1) is 0 Å². The molecular weight excluding hydrogens is 364 g/mol. The maximum Gasteiger partial charge on any atom is 0.248 e. The first kappa shape index (κ1) is 20.7. The summed E-state index contributed by atoms with van der Waals surface area (Å²) in [6, 6.07) is 13.5. The number of nitrogens with zero attached hydrogens (tertiary/aromatic N) is 1. The second-order valence-electron chi connectivity index (χ2n) is 5.68. The van der Waals surface area contributed by atoms with E-state index in [1.54, 1.807) is 39.2 Å². The van der Waals surface area contributed by atoms with Crippen molar-refractivity contribution in [3.8, 4) is 5.75 Å². The lowest BCUT2D eigenvalue weighted by Crippen LogP contribution is -2.30. The number of rotatable bonds is 8. The summed E-state index contributed by atoms with van der Waals surface area (Å²) in [6.45, 7) is 4.41. The fraction of sp³-hybridized carbons (Fsp3) is 0.250. The molecule has 1 N–H and O–H groups in total. The second-order valence-corrected chi connectivity index (χ2v) is 7.62. The van der Waals surface area contributed by atoms with Gasteiger partial charge in [0, 0.05) is 30.4 Å². The third-order valence-corrected chi connectivity index (χ3v) is 6.08. The number of sulfonamides is 1. The van der Waals surface area contributed by atoms with E-state index in [-0.39, 0.29) is 10.8 Å². The molecule has 2 aromatic carbocycles. The van der Waals surface area contributed by atoms with E-state index in [2.05, 4.69) is 5.32 Å². The summed E-state index contributed by atoms with van der Waals surface area (Å²) in [7, 11) is -1.94. The number of anilines is 1. The SMILES string of the molecule is CCN(CC)S(=O)(=O)c1ccc(NC(=O)/C=C/c2ccccc2OC)cc1. The van der Waals surface area contributed by atoms with Crippen molar-refractivity contribution in [2.75, 3.05) is 25.5 Å². The number of hydrogen-bond donors (Lipinski definition) is 1. The number of ether oxygens (including phenoxy) is 1. The average molecular weight is 388 g/mol. The Bertz CT molecular complexity index is 902. The van der Waals surface area contributed by atoms with Crippen molar-refractivity contribution < 1.29 is 17.9 Å². The molecule has 0 aliphatic rings. The van der Waals surface area contributed by atoms with Crippen LogP contribution in [0.5, 0.6) is 5.75 Å². The predicted molar refractivity (Wildman–Crippen MR) is 107 cm³/mol. The van der Waals surface area contributed by atoms with Crippen LogP contribution in [0.1, 0.15) is 19.4 Å². The van der Waals surface area contributed by atoms with Crippen LogP contribution in [0, 0.1) is 0 Å². The van der Waals surface area contributed by atoms with Gasteiger partial charge in [0.05, 0.1) is 12.0 Å². The fourth-order valence-electron chi connectivity index (χ4n) is 2.58. The lowest BCUT2D eigenvalue weighted by Gasteiger charge is -2.18. The highest BCUT2D eigenvalue weighted by molar-refractivity contribution is 7.89. The molecule has 0 radical (unpaired) electrons. The van der Waals surface area contributed by atoms with E-state index in [1.165, 1.54) is 22.5 Å². The summed E-state index contributed by atoms with van der Waals surface area (Å²) in [5, 5.41) is 2.71. The molecule has 0 saturated heterocycles. The highest BCUT2D eigenvalue weighted by Gasteiger charge is 2.21. The summed E-state index contributed by atoms with van der Waals surface area (Å²) in [5.41, 5.74) is 1.30. The molecule has 0 saturated carbocycles. The molecule has 0 unspecified atom stereocenters. The van der Waals surface area contributed by atoms with Crippen molar-refractivity contribution in [2.45, 2.75) is 18.7 Å². The van der Waals surface area contributed by atoms with E-state index in [9.17, 15) is 13.2 Å². The van der Waals surface area contributed by atoms with Crippen molar-refractivity contribution in [1.29, 1.82) is 0 Å². The standard InChI is InChI=1S/C20H24N2O4S/c1-4-22(5-2)27(24,25)18-13-11-17(12-14-18)21-20(23)15-10-16-8-6-7-9-19(16)26-3/h6-15H,4-5H2,1-3H3,(H,21,23)/b15-10+. The van der Waals surface area contributed by atoms with Crippen molar-refractivity contribution in [3.05, 3.63) is 60.2 Å². The molecule has 0 heterocycles. The van der Waals surface area contributed by atoms with Crippen LogP contribution in [0.2, 0.25) is 0 Å². The van der Waals surface area contributed by atoms with E-state index in [4.69, 9.17) is 4.74 Å². The molecule has 7 heteroatoms. The summed E-state index contributed by atoms with van der Waals surface area (Å²) in [4.78, 5) is 12.3. The molecule has 1 amide bonds. The van der Waals surface area contributed by atoms with Crippen molar-refractivity contribution >= 4 is 27.7 Å². The first-order chi connectivity index (χ1) is 12.9. The molecule has 0 spiro atoms. The minimum absolute atomic E-state index is 0.203. The average Bonchev–Trinajstić information content (AvgIpc) is 2.67. The highest BCUT2D eigenvalue weighted by Crippen LogP contribution is 2.20. The molecule has 0 aliphatic carbocycles. The Hall–Kier alpha value is -2.64. The van der Waals surface area contributed by atoms with Crippen LogP contribution in [0.4, 0.5) is 5.69 Å². The Kier molecular flexibility index (Phi) is 7.15. The summed E-state index contributed by atoms with van der Waals surface area (Å²) in [6.07, 6.45) is 3.06. The van der Waals surface area contributed by atoms with Gasteiger partial charge in [-0.1, -0.05) is 32.0 Å². The highest BCUT2D eigenvalue weighted by atomic mass is 32.2. The van der Waals surface area contributed by atoms with Crippen LogP contribution in [0.15, 0.2) is 59.5 Å². The smallest absolute Gasteiger partial charge is 0.248 e. The minimum Gasteiger partial charge on any atom is -0.496 e. The van der Waals surface area contributed by atoms with Gasteiger partial charge in [0.1, 0.15) is 5.75 Å². The lowest BCUT2D eigenvalue weighted by atomic mass is 10.2. The number of nitrogens with one attached hydrogen (secondary N) is 1. The third kappa shape index (κ3) is 5.18. The number of amides is 1. The monoisotopic (exact) mass is 388 g/mol. The number of hydrogen-bond acceptors (Lipinski definition) is 4. The van der Waals surface area contributed by atoms with E-state index in [1.807, 2.05) is 24.3 Å². The van der Waals surface area contributed by atoms with E-state index in [0.29, 0.717) is 24.5 Å². The predicted octanol–water partition coefficient (Wildman–Crippen LogP) is 3.38. The van der Waals surface area contributed by atoms with Crippen molar-refractivity contribution in [3.63, 3.8) is 0 Å². The Labute approximate surface area is 160 Å². The number of methoxy groups -OCH3 is 1. The molecule has 6 nitrogen and oxygen atoms in total. The van der Waals surface area contributed by atoms with Gasteiger partial charge in [-0.25, -0.2) is 8.42 Å². The zero-order valence-electron chi connectivity index (χ0n) is 15.7. The molecule has 0 aliphatic heterocycles. The van der Waals surface area contributed by atoms with Crippen LogP contribution in [0.25, 0.3) is 6.08 Å². The fourth-order valence-corrected chi connectivity index (χ4v) is 4.03. The summed E-state index contributed by atoms with van der Waals surface area (Å²) >= 11 is 0. The van der Waals surface area contributed by atoms with Gasteiger partial charge in [-0.2, -0.15) is 4.31 Å². The van der Waals surface area contributed by atoms with E-state index < -0.39 is 10.0 Å². The van der Waals surface area contributed by atoms with Crippen molar-refractivity contribution in [1.82, 2.24) is 4.31 Å². The van der Waals surface area contributed by atoms with Gasteiger partial charge in [0.2, 0.25) is 15.9 Å². The topological polar surface area (TPSA) is 75.7 Å². The van der Waals surface area contributed by atoms with Gasteiger partial charge >= 0.3 is 0 Å². The molecule has 27 heavy (non-hydrogen) atoms. The Balaban J connectivity index is 2.08. The summed E-state index contributed by atoms with van der Waals surface area (Å²) < 4.78 is 31.5. The maximum absolute atomic E-state index is 12.5. The Morgan fingerprint density at radius 1 is 1.07 bits per heavy atom. The van der Waals surface area contributed by atoms with Gasteiger partial charge in [0.15, 0.2) is 0 Å². The van der Waals surface area contributed by atoms with Gasteiger partial charge in [-0.05, 0) is 36.4 Å². The molecule has 144 valence electrons. The lowest BCUT2D eigenvalue weighted by molar-refractivity contribution is -0.111. The molecule has 0 aromatic heterocycles. The van der Waals surface area contributed by atoms with Crippen molar-refractivity contribution in [2.24, 2.45) is 0 Å². The van der Waals surface area contributed by atoms with Crippen LogP contribution in [-0.2, 0) is 14.8 Å². The maximum atomic E-state index is 12.5. The zero-order valence-corrected chi connectivity index (χ0v) is 16.5. The number of carbonyl (C=O) groups excluding carboxylic acids is 1. The largest absolute Gasteiger partial charge is 0.496 e. The Morgan fingerprint density at radius 2 is 1.70 bits per heavy atom. The molecular formula is C20H24N2O4S. The van der Waals surface area contributed by atoms with Gasteiger partial charge < -0.3 is 10.1 Å². The first-order valence-corrected chi connectivity index (χ1v) is 10.1. The van der Waals surface area contributed by atoms with E-state index in [0.717, 1.165) is 5.56 Å². The van der Waals surface area contributed by atoms with Gasteiger partial charge in [0.25, 0.3) is 0 Å². The second kappa shape index (κ2) is 9.34. The van der Waals surface area contributed by atoms with Crippen LogP contribution in [-0.4, -0.2) is 38.8 Å². The molecule has 2 aromatic rings. The molecule has 0 bridgehead atoms. The minimum atomic E-state index is -3.51. The molecule has 2 rings (SSSR count). The molecule has 0 fully saturated rings. The first-order valence-electron chi connectivity index (χ1n) is 8.64. The third-order valence-electron chi connectivity index (χ3n) is 4.02. The number of benzene rings is 2. The van der Waals surface area contributed by atoms with Crippen LogP contribution < -0.4 is 10.1 Å². The summed E-state index contributed by atoms with van der Waals surface area (Å²) in [5.74, 6) is 0.354. The van der Waals surface area contributed by atoms with E-state index >= 15 is 0 Å². The van der Waals surface area contributed by atoms with Gasteiger partial charge in [-0.3, -0.25) is 4.79 Å². The zero-order chi connectivity index (χ0) is 19.9. The molecule has 0 atom stereocenters. The van der Waals surface area contributed by atoms with Crippen LogP contribution in [0.3, 0.4) is 0 Å². The Morgan fingerprint density at radius 3 is 2.30 bits per heavy atom. The number of carbonyl (C=O) groups is 1. The number of para-hydroxylation sites is 1. The quantitative estimate of drug-likeness (QED) is 0.704. The normalized spacial score (nSPS) is 11.7.